The minimum absolute atomic E-state index is 0.0320. The fourth-order valence-corrected chi connectivity index (χ4v) is 5.31. The van der Waals surface area contributed by atoms with E-state index in [0.717, 1.165) is 60.7 Å². The predicted octanol–water partition coefficient (Wildman–Crippen LogP) is 3.75. The number of carbonyl (C=O) groups is 1. The van der Waals surface area contributed by atoms with Gasteiger partial charge in [-0.25, -0.2) is 4.79 Å². The Morgan fingerprint density at radius 2 is 1.75 bits per heavy atom. The minimum Gasteiger partial charge on any atom is -0.494 e. The van der Waals surface area contributed by atoms with E-state index < -0.39 is 18.3 Å². The molecule has 1 amide bonds. The Kier molecular flexibility index (Phi) is 11.3. The highest BCUT2D eigenvalue weighted by Gasteiger charge is 2.39. The van der Waals surface area contributed by atoms with Gasteiger partial charge in [-0.05, 0) is 54.7 Å². The SMILES string of the molecule is COCCCCOc1ccc([C@H]2[C@H](O)CN(C(=O)O)C[C@@H]2OCc2ccc3c(c2)N(CCCOC)CCO3)cc1. The first-order valence-corrected chi connectivity index (χ1v) is 14.0. The molecule has 2 aromatic carbocycles. The van der Waals surface area contributed by atoms with E-state index in [0.29, 0.717) is 26.4 Å². The summed E-state index contributed by atoms with van der Waals surface area (Å²) < 4.78 is 28.3. The molecule has 0 unspecified atom stereocenters. The molecule has 0 radical (unpaired) electrons. The topological polar surface area (TPSA) is 110 Å². The number of ether oxygens (including phenoxy) is 5. The molecule has 0 aromatic heterocycles. The molecule has 2 aliphatic heterocycles. The van der Waals surface area contributed by atoms with Crippen molar-refractivity contribution in [3.8, 4) is 11.5 Å². The number of hydrogen-bond donors (Lipinski definition) is 2. The Hall–Kier alpha value is -3.05. The lowest BCUT2D eigenvalue weighted by Gasteiger charge is -2.40. The van der Waals surface area contributed by atoms with E-state index in [1.54, 1.807) is 14.2 Å². The summed E-state index contributed by atoms with van der Waals surface area (Å²) in [7, 11) is 3.39. The third kappa shape index (κ3) is 8.00. The molecule has 10 heteroatoms. The zero-order chi connectivity index (χ0) is 28.3. The van der Waals surface area contributed by atoms with Crippen LogP contribution in [0.4, 0.5) is 10.5 Å². The van der Waals surface area contributed by atoms with E-state index in [4.69, 9.17) is 23.7 Å². The zero-order valence-corrected chi connectivity index (χ0v) is 23.5. The number of fused-ring (bicyclic) bond motifs is 1. The molecule has 2 heterocycles. The summed E-state index contributed by atoms with van der Waals surface area (Å²) in [5.74, 6) is 1.22. The first-order chi connectivity index (χ1) is 19.5. The third-order valence-electron chi connectivity index (χ3n) is 7.39. The lowest BCUT2D eigenvalue weighted by Crippen LogP contribution is -2.53. The summed E-state index contributed by atoms with van der Waals surface area (Å²) in [6.07, 6.45) is 0.263. The smallest absolute Gasteiger partial charge is 0.407 e. The van der Waals surface area contributed by atoms with Crippen molar-refractivity contribution in [1.82, 2.24) is 4.90 Å². The molecule has 4 rings (SSSR count). The monoisotopic (exact) mass is 558 g/mol. The summed E-state index contributed by atoms with van der Waals surface area (Å²) >= 11 is 0. The number of anilines is 1. The number of rotatable bonds is 14. The van der Waals surface area contributed by atoms with Gasteiger partial charge in [-0.2, -0.15) is 0 Å². The van der Waals surface area contributed by atoms with Crippen molar-refractivity contribution in [1.29, 1.82) is 0 Å². The lowest BCUT2D eigenvalue weighted by molar-refractivity contribution is -0.0660. The lowest BCUT2D eigenvalue weighted by atomic mass is 9.84. The van der Waals surface area contributed by atoms with Crippen LogP contribution in [0.1, 0.15) is 36.3 Å². The summed E-state index contributed by atoms with van der Waals surface area (Å²) in [6, 6.07) is 13.6. The second kappa shape index (κ2) is 15.1. The summed E-state index contributed by atoms with van der Waals surface area (Å²) in [4.78, 5) is 15.3. The molecule has 40 heavy (non-hydrogen) atoms. The Bertz CT molecular complexity index is 1070. The van der Waals surface area contributed by atoms with Gasteiger partial charge in [0.1, 0.15) is 18.1 Å². The number of nitrogens with zero attached hydrogens (tertiary/aromatic N) is 2. The van der Waals surface area contributed by atoms with Gasteiger partial charge in [0.05, 0.1) is 50.7 Å². The maximum absolute atomic E-state index is 11.8. The number of aliphatic hydroxyl groups is 1. The van der Waals surface area contributed by atoms with Crippen LogP contribution < -0.4 is 14.4 Å². The van der Waals surface area contributed by atoms with Gasteiger partial charge < -0.3 is 43.7 Å². The number of unbranched alkanes of at least 4 members (excludes halogenated alkanes) is 1. The van der Waals surface area contributed by atoms with Crippen molar-refractivity contribution in [2.45, 2.75) is 44.0 Å². The molecule has 2 aromatic rings. The van der Waals surface area contributed by atoms with Crippen LogP contribution in [0.15, 0.2) is 42.5 Å². The van der Waals surface area contributed by atoms with E-state index in [1.165, 1.54) is 4.90 Å². The fraction of sp³-hybridized carbons (Fsp3) is 0.567. The fourth-order valence-electron chi connectivity index (χ4n) is 5.31. The van der Waals surface area contributed by atoms with Crippen LogP contribution in [0.25, 0.3) is 0 Å². The zero-order valence-electron chi connectivity index (χ0n) is 23.5. The van der Waals surface area contributed by atoms with Gasteiger partial charge in [0.15, 0.2) is 0 Å². The van der Waals surface area contributed by atoms with Crippen LogP contribution in [0.2, 0.25) is 0 Å². The standard InChI is InChI=1S/C30H42N2O8/c1-36-14-3-4-16-38-24-9-7-23(8-10-24)29-26(33)19-32(30(34)35)20-28(29)40-21-22-6-11-27-25(18-22)31(13-17-39-27)12-5-15-37-2/h6-11,18,26,28-29,33H,3-5,12-17,19-21H2,1-2H3,(H,34,35)/t26-,28+,29+/m1/s1. The summed E-state index contributed by atoms with van der Waals surface area (Å²) in [5.41, 5.74) is 2.87. The molecule has 2 N–H and O–H groups in total. The molecule has 0 saturated carbocycles. The first kappa shape index (κ1) is 29.9. The van der Waals surface area contributed by atoms with E-state index in [2.05, 4.69) is 11.0 Å². The molecule has 2 aliphatic rings. The van der Waals surface area contributed by atoms with Gasteiger partial charge in [-0.3, -0.25) is 0 Å². The number of hydrogen-bond acceptors (Lipinski definition) is 8. The van der Waals surface area contributed by atoms with E-state index in [9.17, 15) is 15.0 Å². The number of β-amino-alcohol motifs (C(OH)–C–C–N with tert-alkyl or cyclic N) is 1. The van der Waals surface area contributed by atoms with Crippen molar-refractivity contribution in [3.63, 3.8) is 0 Å². The Labute approximate surface area is 236 Å². The molecule has 0 spiro atoms. The summed E-state index contributed by atoms with van der Waals surface area (Å²) in [5, 5.41) is 20.7. The number of piperidine rings is 1. The van der Waals surface area contributed by atoms with Gasteiger partial charge in [0.2, 0.25) is 0 Å². The van der Waals surface area contributed by atoms with Crippen molar-refractivity contribution in [2.75, 3.05) is 71.7 Å². The van der Waals surface area contributed by atoms with Crippen LogP contribution in [0.3, 0.4) is 0 Å². The number of amides is 1. The highest BCUT2D eigenvalue weighted by molar-refractivity contribution is 5.65. The average molecular weight is 559 g/mol. The maximum atomic E-state index is 11.8. The van der Waals surface area contributed by atoms with Crippen LogP contribution in [0, 0.1) is 0 Å². The highest BCUT2D eigenvalue weighted by atomic mass is 16.5. The average Bonchev–Trinajstić information content (AvgIpc) is 2.96. The van der Waals surface area contributed by atoms with Gasteiger partial charge >= 0.3 is 6.09 Å². The molecular formula is C30H42N2O8. The Morgan fingerprint density at radius 3 is 2.50 bits per heavy atom. The third-order valence-corrected chi connectivity index (χ3v) is 7.39. The van der Waals surface area contributed by atoms with Gasteiger partial charge in [0, 0.05) is 39.9 Å². The number of aliphatic hydroxyl groups excluding tert-OH is 1. The number of methoxy groups -OCH3 is 2. The van der Waals surface area contributed by atoms with E-state index >= 15 is 0 Å². The van der Waals surface area contributed by atoms with E-state index in [-0.39, 0.29) is 25.6 Å². The number of benzene rings is 2. The van der Waals surface area contributed by atoms with Gasteiger partial charge in [-0.1, -0.05) is 18.2 Å². The Balaban J connectivity index is 1.44. The van der Waals surface area contributed by atoms with Crippen LogP contribution in [0.5, 0.6) is 11.5 Å². The minimum atomic E-state index is -1.07. The highest BCUT2D eigenvalue weighted by Crippen LogP contribution is 2.35. The van der Waals surface area contributed by atoms with Crippen molar-refractivity contribution < 1.29 is 38.7 Å². The molecule has 3 atom stereocenters. The maximum Gasteiger partial charge on any atom is 0.407 e. The van der Waals surface area contributed by atoms with Crippen LogP contribution in [-0.2, 0) is 20.8 Å². The van der Waals surface area contributed by atoms with Gasteiger partial charge in [0.25, 0.3) is 0 Å². The van der Waals surface area contributed by atoms with Crippen molar-refractivity contribution >= 4 is 11.8 Å². The number of carboxylic acid groups (broad SMARTS) is 1. The second-order valence-electron chi connectivity index (χ2n) is 10.2. The molecular weight excluding hydrogens is 516 g/mol. The van der Waals surface area contributed by atoms with Crippen molar-refractivity contribution in [2.24, 2.45) is 0 Å². The molecule has 0 bridgehead atoms. The largest absolute Gasteiger partial charge is 0.494 e. The van der Waals surface area contributed by atoms with E-state index in [1.807, 2.05) is 36.4 Å². The summed E-state index contributed by atoms with van der Waals surface area (Å²) in [6.45, 7) is 4.80. The molecule has 1 fully saturated rings. The second-order valence-corrected chi connectivity index (χ2v) is 10.2. The van der Waals surface area contributed by atoms with Crippen molar-refractivity contribution in [3.05, 3.63) is 53.6 Å². The molecule has 1 saturated heterocycles. The van der Waals surface area contributed by atoms with Gasteiger partial charge in [-0.15, -0.1) is 0 Å². The molecule has 10 nitrogen and oxygen atoms in total. The predicted molar refractivity (Wildman–Crippen MR) is 151 cm³/mol. The normalized spacial score (nSPS) is 20.6. The molecule has 220 valence electrons. The van der Waals surface area contributed by atoms with Crippen LogP contribution >= 0.6 is 0 Å². The molecule has 0 aliphatic carbocycles. The quantitative estimate of drug-likeness (QED) is 0.335. The first-order valence-electron chi connectivity index (χ1n) is 14.0. The number of likely N-dealkylation sites (tertiary alicyclic amines) is 1. The van der Waals surface area contributed by atoms with Crippen LogP contribution in [-0.4, -0.2) is 100 Å². The Morgan fingerprint density at radius 1 is 1.00 bits per heavy atom.